The summed E-state index contributed by atoms with van der Waals surface area (Å²) in [4.78, 5) is 22.1. The number of H-pyrrole nitrogens is 1. The zero-order valence-corrected chi connectivity index (χ0v) is 10.8. The summed E-state index contributed by atoms with van der Waals surface area (Å²) < 4.78 is 7.27. The number of hydrogen-bond acceptors (Lipinski definition) is 6. The van der Waals surface area contributed by atoms with E-state index in [4.69, 9.17) is 16.2 Å². The van der Waals surface area contributed by atoms with Crippen LogP contribution in [0.1, 0.15) is 26.0 Å². The first-order valence-corrected chi connectivity index (χ1v) is 6.21. The molecule has 0 amide bonds. The molecular formula is C11H18N6O2. The fraction of sp³-hybridized carbons (Fsp3) is 0.545. The van der Waals surface area contributed by atoms with E-state index in [0.29, 0.717) is 11.2 Å². The molecule has 2 aromatic heterocycles. The number of nitrogen functional groups attached to an aromatic ring is 1. The highest BCUT2D eigenvalue weighted by Crippen LogP contribution is 2.25. The van der Waals surface area contributed by atoms with E-state index in [9.17, 15) is 4.79 Å². The maximum Gasteiger partial charge on any atom is 0.280 e. The van der Waals surface area contributed by atoms with Crippen LogP contribution in [0.15, 0.2) is 11.1 Å². The summed E-state index contributed by atoms with van der Waals surface area (Å²) >= 11 is 0. The van der Waals surface area contributed by atoms with E-state index in [1.165, 1.54) is 0 Å². The molecule has 0 bridgehead atoms. The number of fused-ring (bicyclic) bond motifs is 1. The number of rotatable bonds is 1. The van der Waals surface area contributed by atoms with Gasteiger partial charge in [-0.05, 0) is 19.4 Å². The molecule has 1 aliphatic heterocycles. The van der Waals surface area contributed by atoms with Crippen molar-refractivity contribution < 1.29 is 4.74 Å². The molecule has 8 heteroatoms. The highest BCUT2D eigenvalue weighted by atomic mass is 16.5. The van der Waals surface area contributed by atoms with Gasteiger partial charge in [-0.15, -0.1) is 0 Å². The van der Waals surface area contributed by atoms with Gasteiger partial charge in [0, 0.05) is 6.61 Å². The van der Waals surface area contributed by atoms with Gasteiger partial charge in [-0.1, -0.05) is 6.92 Å². The average molecular weight is 266 g/mol. The minimum absolute atomic E-state index is 0.0845. The van der Waals surface area contributed by atoms with Gasteiger partial charge in [-0.25, -0.2) is 4.98 Å². The summed E-state index contributed by atoms with van der Waals surface area (Å²) in [7, 11) is 0. The third-order valence-electron chi connectivity index (χ3n) is 2.67. The summed E-state index contributed by atoms with van der Waals surface area (Å²) in [6.07, 6.45) is 3.39. The van der Waals surface area contributed by atoms with Crippen LogP contribution in [0.25, 0.3) is 11.2 Å². The number of aromatic amines is 1. The minimum atomic E-state index is -0.320. The lowest BCUT2D eigenvalue weighted by molar-refractivity contribution is 0.0593. The Morgan fingerprint density at radius 1 is 1.63 bits per heavy atom. The molecule has 8 nitrogen and oxygen atoms in total. The van der Waals surface area contributed by atoms with E-state index < -0.39 is 0 Å². The van der Waals surface area contributed by atoms with Crippen LogP contribution in [0.4, 0.5) is 5.95 Å². The minimum Gasteiger partial charge on any atom is -0.369 e. The van der Waals surface area contributed by atoms with Crippen molar-refractivity contribution in [3.8, 4) is 0 Å². The van der Waals surface area contributed by atoms with Gasteiger partial charge in [-0.2, -0.15) is 4.98 Å². The molecule has 1 saturated heterocycles. The van der Waals surface area contributed by atoms with Crippen LogP contribution in [0.3, 0.4) is 0 Å². The van der Waals surface area contributed by atoms with Gasteiger partial charge in [0.1, 0.15) is 6.23 Å². The molecule has 0 spiro atoms. The number of hydrogen-bond donors (Lipinski definition) is 3. The first-order valence-electron chi connectivity index (χ1n) is 6.21. The molecule has 3 heterocycles. The van der Waals surface area contributed by atoms with Crippen LogP contribution in [-0.2, 0) is 4.74 Å². The van der Waals surface area contributed by atoms with Crippen molar-refractivity contribution in [1.29, 1.82) is 0 Å². The molecule has 5 N–H and O–H groups in total. The molecule has 104 valence electrons. The van der Waals surface area contributed by atoms with Gasteiger partial charge in [0.05, 0.1) is 6.33 Å². The molecule has 3 rings (SSSR count). The Balaban J connectivity index is 0.000000408. The van der Waals surface area contributed by atoms with Gasteiger partial charge >= 0.3 is 0 Å². The lowest BCUT2D eigenvalue weighted by Gasteiger charge is -2.10. The Kier molecular flexibility index (Phi) is 4.13. The van der Waals surface area contributed by atoms with E-state index in [1.54, 1.807) is 10.9 Å². The predicted octanol–water partition coefficient (Wildman–Crippen LogP) is -0.0242. The first kappa shape index (κ1) is 13.5. The average Bonchev–Trinajstić information content (AvgIpc) is 2.96. The predicted molar refractivity (Wildman–Crippen MR) is 71.5 cm³/mol. The van der Waals surface area contributed by atoms with Crippen molar-refractivity contribution in [2.24, 2.45) is 5.73 Å². The monoisotopic (exact) mass is 266 g/mol. The van der Waals surface area contributed by atoms with Gasteiger partial charge in [0.2, 0.25) is 5.95 Å². The van der Waals surface area contributed by atoms with Crippen LogP contribution in [0, 0.1) is 0 Å². The number of nitrogens with zero attached hydrogens (tertiary/aromatic N) is 3. The highest BCUT2D eigenvalue weighted by Gasteiger charge is 2.21. The fourth-order valence-corrected chi connectivity index (χ4v) is 1.93. The van der Waals surface area contributed by atoms with Gasteiger partial charge in [0.15, 0.2) is 11.2 Å². The number of nitrogens with one attached hydrogen (secondary N) is 1. The second-order valence-electron chi connectivity index (χ2n) is 4.15. The Morgan fingerprint density at radius 2 is 2.37 bits per heavy atom. The van der Waals surface area contributed by atoms with Crippen molar-refractivity contribution in [3.63, 3.8) is 0 Å². The number of nitrogens with two attached hydrogens (primary N) is 2. The molecule has 1 fully saturated rings. The van der Waals surface area contributed by atoms with E-state index in [1.807, 2.05) is 6.92 Å². The van der Waals surface area contributed by atoms with E-state index in [0.717, 1.165) is 26.0 Å². The third-order valence-corrected chi connectivity index (χ3v) is 2.67. The molecule has 19 heavy (non-hydrogen) atoms. The van der Waals surface area contributed by atoms with Crippen LogP contribution in [0.5, 0.6) is 0 Å². The molecule has 0 radical (unpaired) electrons. The summed E-state index contributed by atoms with van der Waals surface area (Å²) in [5.41, 5.74) is 10.8. The Bertz CT molecular complexity index is 599. The summed E-state index contributed by atoms with van der Waals surface area (Å²) in [5, 5.41) is 0. The zero-order valence-electron chi connectivity index (χ0n) is 10.8. The second-order valence-corrected chi connectivity index (χ2v) is 4.15. The summed E-state index contributed by atoms with van der Waals surface area (Å²) in [5.74, 6) is 0.0947. The SMILES string of the molecule is CCN.Nc1nc2c(ncn2C2CCCO2)c(=O)[nH]1. The number of anilines is 1. The third kappa shape index (κ3) is 2.74. The maximum atomic E-state index is 11.5. The lowest BCUT2D eigenvalue weighted by Crippen LogP contribution is -2.13. The van der Waals surface area contributed by atoms with Crippen LogP contribution < -0.4 is 17.0 Å². The summed E-state index contributed by atoms with van der Waals surface area (Å²) in [6.45, 7) is 3.38. The van der Waals surface area contributed by atoms with Gasteiger partial charge < -0.3 is 16.2 Å². The van der Waals surface area contributed by atoms with Crippen molar-refractivity contribution in [2.45, 2.75) is 26.0 Å². The largest absolute Gasteiger partial charge is 0.369 e. The van der Waals surface area contributed by atoms with E-state index >= 15 is 0 Å². The zero-order chi connectivity index (χ0) is 13.8. The fourth-order valence-electron chi connectivity index (χ4n) is 1.93. The maximum absolute atomic E-state index is 11.5. The smallest absolute Gasteiger partial charge is 0.280 e. The Hall–Kier alpha value is -1.93. The molecule has 0 aromatic carbocycles. The number of ether oxygens (including phenoxy) is 1. The normalized spacial score (nSPS) is 18.3. The van der Waals surface area contributed by atoms with Crippen LogP contribution in [0.2, 0.25) is 0 Å². The van der Waals surface area contributed by atoms with Crippen molar-refractivity contribution >= 4 is 17.1 Å². The highest BCUT2D eigenvalue weighted by molar-refractivity contribution is 5.70. The molecular weight excluding hydrogens is 248 g/mol. The Morgan fingerprint density at radius 3 is 3.00 bits per heavy atom. The summed E-state index contributed by atoms with van der Waals surface area (Å²) in [6, 6.07) is 0. The molecule has 1 atom stereocenters. The molecule has 1 unspecified atom stereocenters. The standard InChI is InChI=1S/C9H11N5O2.C2H7N/c10-9-12-7-6(8(15)13-9)11-4-14(7)5-2-1-3-16-5;1-2-3/h4-5H,1-3H2,(H3,10,12,13,15);2-3H2,1H3. The molecule has 1 aliphatic rings. The van der Waals surface area contributed by atoms with Crippen LogP contribution in [-0.4, -0.2) is 32.7 Å². The quantitative estimate of drug-likeness (QED) is 0.666. The van der Waals surface area contributed by atoms with Crippen molar-refractivity contribution in [2.75, 3.05) is 18.9 Å². The van der Waals surface area contributed by atoms with E-state index in [-0.39, 0.29) is 17.7 Å². The molecule has 0 saturated carbocycles. The number of aromatic nitrogens is 4. The van der Waals surface area contributed by atoms with Gasteiger partial charge in [-0.3, -0.25) is 14.3 Å². The van der Waals surface area contributed by atoms with Crippen LogP contribution >= 0.6 is 0 Å². The first-order chi connectivity index (χ1) is 9.17. The number of imidazole rings is 1. The second kappa shape index (κ2) is 5.81. The van der Waals surface area contributed by atoms with E-state index in [2.05, 4.69) is 15.0 Å². The van der Waals surface area contributed by atoms with Gasteiger partial charge in [0.25, 0.3) is 5.56 Å². The van der Waals surface area contributed by atoms with Crippen molar-refractivity contribution in [1.82, 2.24) is 19.5 Å². The Labute approximate surface area is 109 Å². The van der Waals surface area contributed by atoms with Crippen molar-refractivity contribution in [3.05, 3.63) is 16.7 Å². The molecule has 0 aliphatic carbocycles. The topological polar surface area (TPSA) is 125 Å². The molecule has 2 aromatic rings. The lowest BCUT2D eigenvalue weighted by atomic mass is 10.3.